The summed E-state index contributed by atoms with van der Waals surface area (Å²) in [7, 11) is 0. The Morgan fingerprint density at radius 1 is 0.909 bits per heavy atom. The van der Waals surface area contributed by atoms with Crippen LogP contribution in [0.2, 0.25) is 0 Å². The van der Waals surface area contributed by atoms with Crippen molar-refractivity contribution < 1.29 is 4.79 Å². The molecule has 0 saturated carbocycles. The lowest BCUT2D eigenvalue weighted by atomic mass is 10.1. The van der Waals surface area contributed by atoms with Crippen molar-refractivity contribution in [3.63, 3.8) is 0 Å². The molecule has 22 heavy (non-hydrogen) atoms. The topological polar surface area (TPSA) is 23.6 Å². The van der Waals surface area contributed by atoms with Crippen LogP contribution in [0.15, 0.2) is 24.3 Å². The van der Waals surface area contributed by atoms with Gasteiger partial charge in [0.15, 0.2) is 0 Å². The summed E-state index contributed by atoms with van der Waals surface area (Å²) >= 11 is 0. The van der Waals surface area contributed by atoms with Crippen LogP contribution in [0.4, 0.5) is 0 Å². The first-order chi connectivity index (χ1) is 10.8. The predicted molar refractivity (Wildman–Crippen MR) is 92.1 cm³/mol. The molecule has 1 heterocycles. The van der Waals surface area contributed by atoms with Crippen LogP contribution in [0.1, 0.15) is 43.7 Å². The van der Waals surface area contributed by atoms with Gasteiger partial charge in [0.05, 0.1) is 0 Å². The first-order valence-electron chi connectivity index (χ1n) is 8.78. The Bertz CT molecular complexity index is 422. The molecule has 0 bridgehead atoms. The van der Waals surface area contributed by atoms with E-state index >= 15 is 0 Å². The van der Waals surface area contributed by atoms with Gasteiger partial charge in [0.2, 0.25) is 0 Å². The van der Waals surface area contributed by atoms with Gasteiger partial charge in [0, 0.05) is 39.1 Å². The van der Waals surface area contributed by atoms with Crippen molar-refractivity contribution in [3.8, 4) is 0 Å². The molecule has 1 aliphatic heterocycles. The molecule has 0 N–H and O–H groups in total. The van der Waals surface area contributed by atoms with Crippen LogP contribution in [-0.2, 0) is 17.8 Å². The van der Waals surface area contributed by atoms with Crippen molar-refractivity contribution in [2.45, 2.75) is 45.6 Å². The standard InChI is InChI=1S/C19H30N2O/c1-2-18-7-9-19(10-8-18)17-21-14-12-20(13-15-21)11-5-3-4-6-16-22/h7-10,16H,2-6,11-15,17H2,1H3. The molecule has 3 heteroatoms. The van der Waals surface area contributed by atoms with Crippen molar-refractivity contribution in [3.05, 3.63) is 35.4 Å². The van der Waals surface area contributed by atoms with Gasteiger partial charge >= 0.3 is 0 Å². The maximum atomic E-state index is 10.3. The number of rotatable bonds is 9. The van der Waals surface area contributed by atoms with E-state index in [-0.39, 0.29) is 0 Å². The molecule has 1 aromatic rings. The Labute approximate surface area is 135 Å². The zero-order valence-electron chi connectivity index (χ0n) is 14.0. The highest BCUT2D eigenvalue weighted by Gasteiger charge is 2.16. The maximum absolute atomic E-state index is 10.3. The molecular weight excluding hydrogens is 272 g/mol. The van der Waals surface area contributed by atoms with E-state index in [0.29, 0.717) is 0 Å². The molecule has 1 aliphatic rings. The first-order valence-corrected chi connectivity index (χ1v) is 8.78. The van der Waals surface area contributed by atoms with Gasteiger partial charge in [-0.05, 0) is 36.9 Å². The average molecular weight is 302 g/mol. The molecule has 1 aromatic carbocycles. The smallest absolute Gasteiger partial charge is 0.119 e. The van der Waals surface area contributed by atoms with E-state index in [2.05, 4.69) is 41.0 Å². The second-order valence-corrected chi connectivity index (χ2v) is 6.30. The summed E-state index contributed by atoms with van der Waals surface area (Å²) in [5, 5.41) is 0. The molecule has 122 valence electrons. The number of aryl methyl sites for hydroxylation is 1. The molecule has 0 amide bonds. The van der Waals surface area contributed by atoms with E-state index in [4.69, 9.17) is 0 Å². The second kappa shape index (κ2) is 9.75. The Morgan fingerprint density at radius 3 is 2.18 bits per heavy atom. The fourth-order valence-corrected chi connectivity index (χ4v) is 3.05. The van der Waals surface area contributed by atoms with Gasteiger partial charge in [-0.25, -0.2) is 0 Å². The normalized spacial score (nSPS) is 16.8. The largest absolute Gasteiger partial charge is 0.303 e. The number of aldehydes is 1. The summed E-state index contributed by atoms with van der Waals surface area (Å²) in [6.07, 6.45) is 6.34. The molecule has 1 fully saturated rings. The number of hydrogen-bond donors (Lipinski definition) is 0. The molecule has 0 aromatic heterocycles. The van der Waals surface area contributed by atoms with Crippen molar-refractivity contribution in [2.24, 2.45) is 0 Å². The number of benzene rings is 1. The highest BCUT2D eigenvalue weighted by molar-refractivity contribution is 5.48. The maximum Gasteiger partial charge on any atom is 0.119 e. The molecule has 0 unspecified atom stereocenters. The van der Waals surface area contributed by atoms with Crippen LogP contribution in [0.5, 0.6) is 0 Å². The molecule has 0 spiro atoms. The van der Waals surface area contributed by atoms with Crippen LogP contribution in [0.25, 0.3) is 0 Å². The average Bonchev–Trinajstić information content (AvgIpc) is 2.57. The minimum absolute atomic E-state index is 0.727. The molecule has 0 aliphatic carbocycles. The molecular formula is C19H30N2O. The third-order valence-corrected chi connectivity index (χ3v) is 4.60. The van der Waals surface area contributed by atoms with Crippen molar-refractivity contribution in [2.75, 3.05) is 32.7 Å². The zero-order chi connectivity index (χ0) is 15.6. The third-order valence-electron chi connectivity index (χ3n) is 4.60. The van der Waals surface area contributed by atoms with Gasteiger partial charge < -0.3 is 9.69 Å². The second-order valence-electron chi connectivity index (χ2n) is 6.30. The SMILES string of the molecule is CCc1ccc(CN2CCN(CCCCCC=O)CC2)cc1. The molecule has 2 rings (SSSR count). The minimum Gasteiger partial charge on any atom is -0.303 e. The highest BCUT2D eigenvalue weighted by atomic mass is 16.1. The summed E-state index contributed by atoms with van der Waals surface area (Å²) in [4.78, 5) is 15.4. The zero-order valence-corrected chi connectivity index (χ0v) is 14.0. The van der Waals surface area contributed by atoms with Crippen LogP contribution in [0.3, 0.4) is 0 Å². The van der Waals surface area contributed by atoms with Crippen molar-refractivity contribution >= 4 is 6.29 Å². The van der Waals surface area contributed by atoms with Crippen LogP contribution in [0, 0.1) is 0 Å². The van der Waals surface area contributed by atoms with E-state index in [0.717, 1.165) is 32.1 Å². The number of piperazine rings is 1. The Kier molecular flexibility index (Phi) is 7.61. The number of hydrogen-bond acceptors (Lipinski definition) is 3. The molecule has 0 radical (unpaired) electrons. The van der Waals surface area contributed by atoms with E-state index in [9.17, 15) is 4.79 Å². The monoisotopic (exact) mass is 302 g/mol. The van der Waals surface area contributed by atoms with Crippen LogP contribution < -0.4 is 0 Å². The Balaban J connectivity index is 1.63. The van der Waals surface area contributed by atoms with Gasteiger partial charge in [0.1, 0.15) is 6.29 Å². The number of carbonyl (C=O) groups is 1. The van der Waals surface area contributed by atoms with E-state index < -0.39 is 0 Å². The minimum atomic E-state index is 0.727. The van der Waals surface area contributed by atoms with Gasteiger partial charge in [0.25, 0.3) is 0 Å². The van der Waals surface area contributed by atoms with Crippen LogP contribution >= 0.6 is 0 Å². The summed E-state index contributed by atoms with van der Waals surface area (Å²) in [5.74, 6) is 0. The molecule has 1 saturated heterocycles. The van der Waals surface area contributed by atoms with E-state index in [1.807, 2.05) is 0 Å². The molecule has 0 atom stereocenters. The van der Waals surface area contributed by atoms with Gasteiger partial charge in [-0.15, -0.1) is 0 Å². The molecule has 3 nitrogen and oxygen atoms in total. The van der Waals surface area contributed by atoms with Gasteiger partial charge in [-0.3, -0.25) is 4.90 Å². The quantitative estimate of drug-likeness (QED) is 0.517. The van der Waals surface area contributed by atoms with Crippen LogP contribution in [-0.4, -0.2) is 48.8 Å². The highest BCUT2D eigenvalue weighted by Crippen LogP contribution is 2.11. The lowest BCUT2D eigenvalue weighted by Crippen LogP contribution is -2.46. The Hall–Kier alpha value is -1.19. The van der Waals surface area contributed by atoms with Crippen molar-refractivity contribution in [1.82, 2.24) is 9.80 Å². The number of unbranched alkanes of at least 4 members (excludes halogenated alkanes) is 3. The number of nitrogens with zero attached hydrogens (tertiary/aromatic N) is 2. The third kappa shape index (κ3) is 5.90. The Morgan fingerprint density at radius 2 is 1.55 bits per heavy atom. The fraction of sp³-hybridized carbons (Fsp3) is 0.632. The predicted octanol–water partition coefficient (Wildman–Crippen LogP) is 3.13. The summed E-state index contributed by atoms with van der Waals surface area (Å²) in [6, 6.07) is 9.06. The number of carbonyl (C=O) groups excluding carboxylic acids is 1. The van der Waals surface area contributed by atoms with E-state index in [1.165, 1.54) is 56.7 Å². The first kappa shape index (κ1) is 17.2. The summed E-state index contributed by atoms with van der Waals surface area (Å²) in [5.41, 5.74) is 2.85. The van der Waals surface area contributed by atoms with Crippen molar-refractivity contribution in [1.29, 1.82) is 0 Å². The summed E-state index contributed by atoms with van der Waals surface area (Å²) < 4.78 is 0. The van der Waals surface area contributed by atoms with E-state index in [1.54, 1.807) is 0 Å². The summed E-state index contributed by atoms with van der Waals surface area (Å²) in [6.45, 7) is 9.18. The lowest BCUT2D eigenvalue weighted by molar-refractivity contribution is -0.107. The van der Waals surface area contributed by atoms with Gasteiger partial charge in [-0.2, -0.15) is 0 Å². The lowest BCUT2D eigenvalue weighted by Gasteiger charge is -2.34. The van der Waals surface area contributed by atoms with Gasteiger partial charge in [-0.1, -0.05) is 37.6 Å². The fourth-order valence-electron chi connectivity index (χ4n) is 3.05.